The molecule has 0 N–H and O–H groups in total. The van der Waals surface area contributed by atoms with Gasteiger partial charge in [0.05, 0.1) is 48.8 Å². The van der Waals surface area contributed by atoms with Crippen molar-refractivity contribution in [2.24, 2.45) is 0 Å². The highest BCUT2D eigenvalue weighted by Gasteiger charge is 2.28. The Balaban J connectivity index is 1.18. The number of rotatable bonds is 2. The molecule has 0 saturated carbocycles. The van der Waals surface area contributed by atoms with Gasteiger partial charge in [-0.3, -0.25) is 9.13 Å². The highest BCUT2D eigenvalue weighted by Crippen LogP contribution is 2.49. The Morgan fingerprint density at radius 1 is 0.367 bits per heavy atom. The Hall–Kier alpha value is -7.80. The van der Waals surface area contributed by atoms with Crippen molar-refractivity contribution in [3.05, 3.63) is 176 Å². The van der Waals surface area contributed by atoms with E-state index in [1.54, 1.807) is 11.3 Å². The summed E-state index contributed by atoms with van der Waals surface area (Å²) in [4.78, 5) is 11.5. The Morgan fingerprint density at radius 2 is 0.933 bits per heavy atom. The summed E-state index contributed by atoms with van der Waals surface area (Å²) >= 11 is 1.77. The molecule has 0 aliphatic rings. The minimum absolute atomic E-state index is 0.658. The number of aromatic nitrogens is 5. The van der Waals surface area contributed by atoms with Gasteiger partial charge in [0, 0.05) is 53.2 Å². The van der Waals surface area contributed by atoms with E-state index >= 15 is 0 Å². The third-order valence-electron chi connectivity index (χ3n) is 13.2. The molecular formula is C54H29N5S. The molecule has 9 aromatic carbocycles. The summed E-state index contributed by atoms with van der Waals surface area (Å²) in [6, 6.07) is 64.2. The number of para-hydroxylation sites is 3. The van der Waals surface area contributed by atoms with Gasteiger partial charge in [-0.2, -0.15) is 4.98 Å². The van der Waals surface area contributed by atoms with Crippen molar-refractivity contribution >= 4 is 135 Å². The molecule has 276 valence electrons. The van der Waals surface area contributed by atoms with E-state index in [0.29, 0.717) is 5.95 Å². The summed E-state index contributed by atoms with van der Waals surface area (Å²) in [6.45, 7) is 0. The Kier molecular flexibility index (Phi) is 5.74. The zero-order valence-electron chi connectivity index (χ0n) is 31.9. The molecule has 0 radical (unpaired) electrons. The summed E-state index contributed by atoms with van der Waals surface area (Å²) < 4.78 is 9.52. The van der Waals surface area contributed by atoms with Gasteiger partial charge >= 0.3 is 0 Å². The molecule has 6 aromatic heterocycles. The van der Waals surface area contributed by atoms with Crippen molar-refractivity contribution in [2.45, 2.75) is 0 Å². The van der Waals surface area contributed by atoms with Crippen LogP contribution in [0.2, 0.25) is 0 Å². The standard InChI is InChI=1S/C54H29N5S/c1-3-15-32-30(13-1)25-27-43-46(32)36-19-7-11-23-42(36)58(43)53-52-49(37-20-8-12-24-45(37)60-52)55-54(56-53)59-41-22-10-6-18-35(41)39-29-38-34-17-5-9-21-40(34)57-44-28-26-31-14-2-4-16-33(31)47(44)48(50(38)57)51(39)59/h1-29H. The first-order valence-corrected chi connectivity index (χ1v) is 21.2. The zero-order chi connectivity index (χ0) is 38.8. The van der Waals surface area contributed by atoms with E-state index < -0.39 is 0 Å². The highest BCUT2D eigenvalue weighted by atomic mass is 32.1. The summed E-state index contributed by atoms with van der Waals surface area (Å²) in [5, 5.41) is 15.9. The molecule has 0 amide bonds. The van der Waals surface area contributed by atoms with Crippen LogP contribution in [0.1, 0.15) is 0 Å². The minimum Gasteiger partial charge on any atom is -0.308 e. The van der Waals surface area contributed by atoms with E-state index in [1.165, 1.54) is 85.9 Å². The number of benzene rings is 9. The van der Waals surface area contributed by atoms with E-state index in [-0.39, 0.29) is 0 Å². The third kappa shape index (κ3) is 3.74. The normalized spacial score (nSPS) is 12.7. The van der Waals surface area contributed by atoms with Crippen LogP contribution < -0.4 is 0 Å². The topological polar surface area (TPSA) is 40.0 Å². The third-order valence-corrected chi connectivity index (χ3v) is 14.3. The van der Waals surface area contributed by atoms with Gasteiger partial charge in [0.15, 0.2) is 5.82 Å². The van der Waals surface area contributed by atoms with Gasteiger partial charge in [-0.15, -0.1) is 11.3 Å². The van der Waals surface area contributed by atoms with E-state index in [9.17, 15) is 0 Å². The lowest BCUT2D eigenvalue weighted by Crippen LogP contribution is -2.06. The predicted molar refractivity (Wildman–Crippen MR) is 253 cm³/mol. The summed E-state index contributed by atoms with van der Waals surface area (Å²) in [5.41, 5.74) is 9.08. The molecule has 5 nitrogen and oxygen atoms in total. The second kappa shape index (κ2) is 11.0. The van der Waals surface area contributed by atoms with Crippen LogP contribution in [-0.2, 0) is 0 Å². The Morgan fingerprint density at radius 3 is 1.70 bits per heavy atom. The van der Waals surface area contributed by atoms with Crippen LogP contribution in [0.4, 0.5) is 0 Å². The largest absolute Gasteiger partial charge is 0.308 e. The van der Waals surface area contributed by atoms with Crippen molar-refractivity contribution in [1.29, 1.82) is 0 Å². The molecule has 6 heterocycles. The number of hydrogen-bond acceptors (Lipinski definition) is 3. The summed E-state index contributed by atoms with van der Waals surface area (Å²) in [7, 11) is 0. The molecule has 0 unspecified atom stereocenters. The first-order chi connectivity index (χ1) is 29.8. The van der Waals surface area contributed by atoms with Gasteiger partial charge < -0.3 is 4.40 Å². The van der Waals surface area contributed by atoms with Gasteiger partial charge in [-0.1, -0.05) is 133 Å². The first-order valence-electron chi connectivity index (χ1n) is 20.4. The molecule has 15 aromatic rings. The molecule has 0 aliphatic heterocycles. The van der Waals surface area contributed by atoms with Crippen LogP contribution in [0.5, 0.6) is 0 Å². The van der Waals surface area contributed by atoms with Gasteiger partial charge in [-0.05, 0) is 64.0 Å². The Bertz CT molecular complexity index is 4370. The fourth-order valence-corrected chi connectivity index (χ4v) is 11.9. The maximum Gasteiger partial charge on any atom is 0.237 e. The first kappa shape index (κ1) is 31.2. The quantitative estimate of drug-likeness (QED) is 0.175. The maximum absolute atomic E-state index is 5.81. The second-order valence-corrected chi connectivity index (χ2v) is 17.1. The fourth-order valence-electron chi connectivity index (χ4n) is 10.8. The van der Waals surface area contributed by atoms with E-state index in [0.717, 1.165) is 43.5 Å². The van der Waals surface area contributed by atoms with Crippen LogP contribution in [0.25, 0.3) is 135 Å². The molecule has 0 bridgehead atoms. The molecule has 0 saturated heterocycles. The van der Waals surface area contributed by atoms with Crippen LogP contribution >= 0.6 is 11.3 Å². The van der Waals surface area contributed by atoms with Crippen molar-refractivity contribution < 1.29 is 0 Å². The van der Waals surface area contributed by atoms with Gasteiger partial charge in [0.1, 0.15) is 0 Å². The summed E-state index contributed by atoms with van der Waals surface area (Å²) in [6.07, 6.45) is 0. The van der Waals surface area contributed by atoms with E-state index in [2.05, 4.69) is 189 Å². The molecule has 0 atom stereocenters. The van der Waals surface area contributed by atoms with Crippen molar-refractivity contribution in [2.75, 3.05) is 0 Å². The average Bonchev–Trinajstić information content (AvgIpc) is 4.10. The fraction of sp³-hybridized carbons (Fsp3) is 0. The zero-order valence-corrected chi connectivity index (χ0v) is 32.7. The molecule has 60 heavy (non-hydrogen) atoms. The minimum atomic E-state index is 0.658. The van der Waals surface area contributed by atoms with Gasteiger partial charge in [0.2, 0.25) is 5.95 Å². The van der Waals surface area contributed by atoms with Gasteiger partial charge in [-0.25, -0.2) is 4.98 Å². The highest BCUT2D eigenvalue weighted by molar-refractivity contribution is 7.26. The lowest BCUT2D eigenvalue weighted by atomic mass is 10.00. The molecular weight excluding hydrogens is 751 g/mol. The van der Waals surface area contributed by atoms with E-state index in [1.807, 2.05) is 0 Å². The van der Waals surface area contributed by atoms with Crippen LogP contribution in [0.15, 0.2) is 176 Å². The number of thiophene rings is 1. The molecule has 0 spiro atoms. The van der Waals surface area contributed by atoms with Gasteiger partial charge in [0.25, 0.3) is 0 Å². The molecule has 15 rings (SSSR count). The van der Waals surface area contributed by atoms with E-state index in [4.69, 9.17) is 9.97 Å². The monoisotopic (exact) mass is 779 g/mol. The van der Waals surface area contributed by atoms with Crippen LogP contribution in [0, 0.1) is 0 Å². The molecule has 0 fully saturated rings. The number of fused-ring (bicyclic) bond motifs is 20. The maximum atomic E-state index is 5.81. The number of hydrogen-bond donors (Lipinski definition) is 0. The lowest BCUT2D eigenvalue weighted by molar-refractivity contribution is 0.978. The van der Waals surface area contributed by atoms with Crippen molar-refractivity contribution in [3.8, 4) is 11.8 Å². The average molecular weight is 780 g/mol. The predicted octanol–water partition coefficient (Wildman–Crippen LogP) is 14.5. The van der Waals surface area contributed by atoms with Crippen LogP contribution in [0.3, 0.4) is 0 Å². The molecule has 0 aliphatic carbocycles. The Labute approximate surface area is 344 Å². The smallest absolute Gasteiger partial charge is 0.237 e. The molecule has 6 heteroatoms. The van der Waals surface area contributed by atoms with Crippen molar-refractivity contribution in [1.82, 2.24) is 23.5 Å². The number of nitrogens with zero attached hydrogens (tertiary/aromatic N) is 5. The summed E-state index contributed by atoms with van der Waals surface area (Å²) in [5.74, 6) is 1.55. The second-order valence-electron chi connectivity index (χ2n) is 16.1. The van der Waals surface area contributed by atoms with Crippen LogP contribution in [-0.4, -0.2) is 23.5 Å². The lowest BCUT2D eigenvalue weighted by Gasteiger charge is -2.13. The SMILES string of the molecule is c1ccc2c(c1)ccc1c2c2ccccc2n1-c1nc(-n2c3ccccc3c3cc4c5ccccc5n5c6ccc7ccccc7c6c(c32)c45)nc2c1sc1ccccc12. The van der Waals surface area contributed by atoms with Crippen molar-refractivity contribution in [3.63, 3.8) is 0 Å².